The molecule has 0 aliphatic heterocycles. The van der Waals surface area contributed by atoms with Gasteiger partial charge in [-0.1, -0.05) is 82.8 Å². The highest BCUT2D eigenvalue weighted by Gasteiger charge is 2.34. The number of hydrogen-bond acceptors (Lipinski definition) is 4. The van der Waals surface area contributed by atoms with Gasteiger partial charge in [0.15, 0.2) is 0 Å². The summed E-state index contributed by atoms with van der Waals surface area (Å²) in [6, 6.07) is 21.1. The largest absolute Gasteiger partial charge is 0.352 e. The van der Waals surface area contributed by atoms with Crippen LogP contribution in [0.2, 0.25) is 5.02 Å². The first-order valence-electron chi connectivity index (χ1n) is 12.8. The van der Waals surface area contributed by atoms with Gasteiger partial charge < -0.3 is 10.2 Å². The summed E-state index contributed by atoms with van der Waals surface area (Å²) >= 11 is 9.85. The van der Waals surface area contributed by atoms with Crippen molar-refractivity contribution in [3.05, 3.63) is 93.9 Å². The van der Waals surface area contributed by atoms with Gasteiger partial charge in [0.2, 0.25) is 11.8 Å². The Morgan fingerprint density at radius 1 is 0.974 bits per heavy atom. The van der Waals surface area contributed by atoms with Crippen LogP contribution in [0.15, 0.2) is 88.2 Å². The van der Waals surface area contributed by atoms with Gasteiger partial charge in [0, 0.05) is 17.1 Å². The zero-order valence-electron chi connectivity index (χ0n) is 21.6. The molecule has 1 saturated carbocycles. The Morgan fingerprint density at radius 2 is 1.59 bits per heavy atom. The predicted octanol–water partition coefficient (Wildman–Crippen LogP) is 5.77. The molecule has 2 amide bonds. The molecule has 0 saturated heterocycles. The molecule has 1 N–H and O–H groups in total. The summed E-state index contributed by atoms with van der Waals surface area (Å²) in [7, 11) is -4.15. The number of benzene rings is 3. The van der Waals surface area contributed by atoms with E-state index in [2.05, 4.69) is 21.2 Å². The number of nitrogens with zero attached hydrogens (tertiary/aromatic N) is 2. The molecule has 206 valence electrons. The Labute approximate surface area is 243 Å². The van der Waals surface area contributed by atoms with E-state index in [-0.39, 0.29) is 34.1 Å². The van der Waals surface area contributed by atoms with Crippen LogP contribution < -0.4 is 9.62 Å². The molecule has 10 heteroatoms. The van der Waals surface area contributed by atoms with Crippen molar-refractivity contribution in [3.8, 4) is 0 Å². The van der Waals surface area contributed by atoms with Crippen LogP contribution in [-0.2, 0) is 26.2 Å². The molecule has 0 radical (unpaired) electrons. The van der Waals surface area contributed by atoms with Crippen LogP contribution >= 0.6 is 27.5 Å². The third kappa shape index (κ3) is 7.21. The topological polar surface area (TPSA) is 86.8 Å². The summed E-state index contributed by atoms with van der Waals surface area (Å²) in [5.41, 5.74) is 0.991. The third-order valence-corrected chi connectivity index (χ3v) is 9.49. The predicted molar refractivity (Wildman–Crippen MR) is 157 cm³/mol. The van der Waals surface area contributed by atoms with E-state index in [4.69, 9.17) is 11.6 Å². The summed E-state index contributed by atoms with van der Waals surface area (Å²) < 4.78 is 29.5. The lowest BCUT2D eigenvalue weighted by Crippen LogP contribution is -2.52. The molecule has 0 heterocycles. The van der Waals surface area contributed by atoms with Crippen LogP contribution in [0.5, 0.6) is 0 Å². The molecule has 3 aromatic rings. The number of halogens is 2. The van der Waals surface area contributed by atoms with Gasteiger partial charge in [0.05, 0.1) is 15.6 Å². The van der Waals surface area contributed by atoms with Crippen LogP contribution in [0.4, 0.5) is 5.69 Å². The summed E-state index contributed by atoms with van der Waals surface area (Å²) in [5, 5.41) is 3.26. The van der Waals surface area contributed by atoms with Gasteiger partial charge in [-0.15, -0.1) is 0 Å². The fourth-order valence-electron chi connectivity index (χ4n) is 4.65. The van der Waals surface area contributed by atoms with Gasteiger partial charge >= 0.3 is 0 Å². The van der Waals surface area contributed by atoms with E-state index in [9.17, 15) is 18.0 Å². The van der Waals surface area contributed by atoms with Gasteiger partial charge in [0.25, 0.3) is 10.0 Å². The lowest BCUT2D eigenvalue weighted by molar-refractivity contribution is -0.139. The summed E-state index contributed by atoms with van der Waals surface area (Å²) in [4.78, 5) is 28.7. The first kappa shape index (κ1) is 29.1. The van der Waals surface area contributed by atoms with Crippen molar-refractivity contribution >= 4 is 55.1 Å². The fraction of sp³-hybridized carbons (Fsp3) is 0.310. The van der Waals surface area contributed by atoms with Gasteiger partial charge in [-0.05, 0) is 61.7 Å². The number of carbonyl (C=O) groups excluding carboxylic acids is 2. The quantitative estimate of drug-likeness (QED) is 0.307. The third-order valence-electron chi connectivity index (χ3n) is 6.87. The van der Waals surface area contributed by atoms with E-state index >= 15 is 0 Å². The number of amides is 2. The second kappa shape index (κ2) is 13.0. The molecular formula is C29H31BrClN3O4S. The Morgan fingerprint density at radius 3 is 2.23 bits per heavy atom. The van der Waals surface area contributed by atoms with Crippen molar-refractivity contribution in [2.24, 2.45) is 0 Å². The van der Waals surface area contributed by atoms with E-state index in [0.717, 1.165) is 40.0 Å². The molecule has 1 atom stereocenters. The maximum absolute atomic E-state index is 14.0. The van der Waals surface area contributed by atoms with Crippen molar-refractivity contribution in [1.29, 1.82) is 0 Å². The highest BCUT2D eigenvalue weighted by atomic mass is 79.9. The minimum Gasteiger partial charge on any atom is -0.352 e. The summed E-state index contributed by atoms with van der Waals surface area (Å²) in [6.45, 7) is 1.28. The molecule has 39 heavy (non-hydrogen) atoms. The first-order chi connectivity index (χ1) is 18.7. The maximum Gasteiger partial charge on any atom is 0.264 e. The van der Waals surface area contributed by atoms with Gasteiger partial charge in [-0.3, -0.25) is 13.9 Å². The molecule has 0 aromatic heterocycles. The van der Waals surface area contributed by atoms with Crippen molar-refractivity contribution in [2.75, 3.05) is 10.8 Å². The Bertz CT molecular complexity index is 1400. The van der Waals surface area contributed by atoms with Crippen LogP contribution in [0, 0.1) is 0 Å². The smallest absolute Gasteiger partial charge is 0.264 e. The standard InChI is InChI=1S/C29H31BrClN3O4S/c1-21(29(36)32-24-9-5-6-10-24)33(19-22-15-17-23(30)18-16-22)28(35)20-34(27-14-8-7-13-26(27)31)39(37,38)25-11-3-2-4-12-25/h2-4,7-8,11-18,21,24H,5-6,9-10,19-20H2,1H3,(H,32,36)/t21-/m0/s1. The second-order valence-electron chi connectivity index (χ2n) is 9.59. The molecule has 0 spiro atoms. The SMILES string of the molecule is C[C@@H](C(=O)NC1CCCC1)N(Cc1ccc(Br)cc1)C(=O)CN(c1ccccc1Cl)S(=O)(=O)c1ccccc1. The zero-order chi connectivity index (χ0) is 28.0. The van der Waals surface area contributed by atoms with Crippen molar-refractivity contribution in [3.63, 3.8) is 0 Å². The van der Waals surface area contributed by atoms with E-state index in [1.54, 1.807) is 49.4 Å². The number of carbonyl (C=O) groups is 2. The average Bonchev–Trinajstić information content (AvgIpc) is 3.45. The van der Waals surface area contributed by atoms with Gasteiger partial charge in [-0.25, -0.2) is 8.42 Å². The van der Waals surface area contributed by atoms with E-state index in [1.165, 1.54) is 17.0 Å². The van der Waals surface area contributed by atoms with Crippen LogP contribution in [0.1, 0.15) is 38.2 Å². The van der Waals surface area contributed by atoms with Gasteiger partial charge in [0.1, 0.15) is 12.6 Å². The zero-order valence-corrected chi connectivity index (χ0v) is 24.8. The Balaban J connectivity index is 1.68. The maximum atomic E-state index is 14.0. The van der Waals surface area contributed by atoms with E-state index in [0.29, 0.717) is 0 Å². The highest BCUT2D eigenvalue weighted by Crippen LogP contribution is 2.31. The molecule has 4 rings (SSSR count). The van der Waals surface area contributed by atoms with Crippen LogP contribution in [0.25, 0.3) is 0 Å². The highest BCUT2D eigenvalue weighted by molar-refractivity contribution is 9.10. The summed E-state index contributed by atoms with van der Waals surface area (Å²) in [5.74, 6) is -0.783. The molecule has 3 aromatic carbocycles. The molecule has 7 nitrogen and oxygen atoms in total. The average molecular weight is 633 g/mol. The summed E-state index contributed by atoms with van der Waals surface area (Å²) in [6.07, 6.45) is 3.94. The van der Waals surface area contributed by atoms with Crippen LogP contribution in [-0.4, -0.2) is 43.8 Å². The lowest BCUT2D eigenvalue weighted by Gasteiger charge is -2.32. The minimum absolute atomic E-state index is 0.0317. The van der Waals surface area contributed by atoms with Crippen molar-refractivity contribution in [1.82, 2.24) is 10.2 Å². The van der Waals surface area contributed by atoms with Crippen molar-refractivity contribution < 1.29 is 18.0 Å². The lowest BCUT2D eigenvalue weighted by atomic mass is 10.1. The van der Waals surface area contributed by atoms with Gasteiger partial charge in [-0.2, -0.15) is 0 Å². The molecule has 1 aliphatic rings. The monoisotopic (exact) mass is 631 g/mol. The Hall–Kier alpha value is -2.88. The number of para-hydroxylation sites is 1. The van der Waals surface area contributed by atoms with E-state index < -0.39 is 28.5 Å². The minimum atomic E-state index is -4.15. The van der Waals surface area contributed by atoms with Crippen molar-refractivity contribution in [2.45, 2.75) is 56.1 Å². The second-order valence-corrected chi connectivity index (χ2v) is 12.8. The molecule has 1 fully saturated rings. The number of sulfonamides is 1. The van der Waals surface area contributed by atoms with Crippen LogP contribution in [0.3, 0.4) is 0 Å². The number of nitrogens with one attached hydrogen (secondary N) is 1. The normalized spacial score (nSPS) is 14.5. The molecule has 0 bridgehead atoms. The van der Waals surface area contributed by atoms with E-state index in [1.807, 2.05) is 24.3 Å². The first-order valence-corrected chi connectivity index (χ1v) is 15.4. The molecule has 0 unspecified atom stereocenters. The fourth-order valence-corrected chi connectivity index (χ4v) is 6.65. The number of anilines is 1. The molecular weight excluding hydrogens is 602 g/mol. The Kier molecular flexibility index (Phi) is 9.69. The number of hydrogen-bond donors (Lipinski definition) is 1. The number of rotatable bonds is 10. The molecule has 1 aliphatic carbocycles.